The third-order valence-electron chi connectivity index (χ3n) is 5.84. The van der Waals surface area contributed by atoms with Gasteiger partial charge >= 0.3 is 0 Å². The van der Waals surface area contributed by atoms with Crippen LogP contribution in [0.5, 0.6) is 11.5 Å². The van der Waals surface area contributed by atoms with Crippen LogP contribution in [0.3, 0.4) is 0 Å². The molecule has 6 heteroatoms. The van der Waals surface area contributed by atoms with Gasteiger partial charge in [0, 0.05) is 44.4 Å². The fourth-order valence-corrected chi connectivity index (χ4v) is 4.03. The van der Waals surface area contributed by atoms with Crippen LogP contribution in [0, 0.1) is 12.8 Å². The molecule has 1 unspecified atom stereocenters. The Kier molecular flexibility index (Phi) is 6.73. The lowest BCUT2D eigenvalue weighted by molar-refractivity contribution is -0.117. The second kappa shape index (κ2) is 9.86. The van der Waals surface area contributed by atoms with E-state index in [0.29, 0.717) is 35.9 Å². The van der Waals surface area contributed by atoms with Crippen LogP contribution in [0.2, 0.25) is 0 Å². The number of benzene rings is 2. The summed E-state index contributed by atoms with van der Waals surface area (Å²) in [5.41, 5.74) is 3.68. The molecule has 1 aromatic heterocycles. The second-order valence-corrected chi connectivity index (χ2v) is 8.85. The van der Waals surface area contributed by atoms with Gasteiger partial charge in [-0.25, -0.2) is 4.98 Å². The zero-order chi connectivity index (χ0) is 23.4. The number of ketones is 1. The van der Waals surface area contributed by atoms with Crippen molar-refractivity contribution in [2.24, 2.45) is 5.92 Å². The van der Waals surface area contributed by atoms with Crippen LogP contribution in [0.15, 0.2) is 60.8 Å². The number of pyridine rings is 1. The Hall–Kier alpha value is -3.67. The average molecular weight is 444 g/mol. The van der Waals surface area contributed by atoms with E-state index in [1.807, 2.05) is 49.5 Å². The van der Waals surface area contributed by atoms with Gasteiger partial charge in [0.05, 0.1) is 0 Å². The molecule has 170 valence electrons. The Balaban J connectivity index is 1.56. The van der Waals surface area contributed by atoms with Gasteiger partial charge in [0.2, 0.25) is 0 Å². The van der Waals surface area contributed by atoms with Crippen LogP contribution in [0.1, 0.15) is 40.7 Å². The van der Waals surface area contributed by atoms with Crippen molar-refractivity contribution in [1.82, 2.24) is 9.88 Å². The third kappa shape index (κ3) is 5.77. The van der Waals surface area contributed by atoms with Gasteiger partial charge in [-0.15, -0.1) is 0 Å². The molecule has 1 aliphatic carbocycles. The summed E-state index contributed by atoms with van der Waals surface area (Å²) in [7, 11) is 3.46. The molecule has 1 atom stereocenters. The maximum absolute atomic E-state index is 12.1. The minimum absolute atomic E-state index is 0.0479. The summed E-state index contributed by atoms with van der Waals surface area (Å²) >= 11 is 0. The smallest absolute Gasteiger partial charge is 0.253 e. The summed E-state index contributed by atoms with van der Waals surface area (Å²) in [6.07, 6.45) is 4.80. The van der Waals surface area contributed by atoms with Gasteiger partial charge in [-0.1, -0.05) is 6.07 Å². The molecule has 6 nitrogen and oxygen atoms in total. The minimum atomic E-state index is -0.0479. The maximum atomic E-state index is 12.1. The van der Waals surface area contributed by atoms with E-state index in [2.05, 4.69) is 16.4 Å². The van der Waals surface area contributed by atoms with Crippen LogP contribution in [0.4, 0.5) is 11.5 Å². The van der Waals surface area contributed by atoms with Gasteiger partial charge in [0.25, 0.3) is 5.91 Å². The normalized spacial score (nSPS) is 15.4. The van der Waals surface area contributed by atoms with E-state index in [1.165, 1.54) is 0 Å². The van der Waals surface area contributed by atoms with Crippen molar-refractivity contribution in [1.29, 1.82) is 0 Å². The lowest BCUT2D eigenvalue weighted by Gasteiger charge is -2.17. The van der Waals surface area contributed by atoms with E-state index < -0.39 is 0 Å². The number of nitrogens with one attached hydrogen (secondary N) is 1. The van der Waals surface area contributed by atoms with Gasteiger partial charge in [0.15, 0.2) is 0 Å². The lowest BCUT2D eigenvalue weighted by Crippen LogP contribution is -2.21. The molecule has 1 aliphatic rings. The van der Waals surface area contributed by atoms with Gasteiger partial charge in [-0.3, -0.25) is 9.59 Å². The Bertz CT molecular complexity index is 1140. The number of hydrogen-bond acceptors (Lipinski definition) is 5. The van der Waals surface area contributed by atoms with Crippen molar-refractivity contribution in [3.8, 4) is 11.5 Å². The zero-order valence-corrected chi connectivity index (χ0v) is 19.3. The number of rotatable bonds is 7. The van der Waals surface area contributed by atoms with Crippen LogP contribution >= 0.6 is 0 Å². The number of aromatic nitrogens is 1. The number of hydrogen-bond donors (Lipinski definition) is 1. The van der Waals surface area contributed by atoms with Crippen molar-refractivity contribution < 1.29 is 14.3 Å². The summed E-state index contributed by atoms with van der Waals surface area (Å²) in [6, 6.07) is 17.1. The highest BCUT2D eigenvalue weighted by Gasteiger charge is 2.23. The average Bonchev–Trinajstić information content (AvgIpc) is 3.21. The quantitative estimate of drug-likeness (QED) is 0.519. The highest BCUT2D eigenvalue weighted by Crippen LogP contribution is 2.34. The van der Waals surface area contributed by atoms with Crippen LogP contribution in [-0.2, 0) is 11.2 Å². The standard InChI is InChI=1S/C27H29N3O3/c1-18-4-13-26(28-17-18)29-22-8-12-25(21(16-22)14-19-5-9-23(31)15-19)33-24-10-6-20(7-11-24)27(32)30(2)3/h4,6-8,10-13,16-17,19H,5,9,14-15H2,1-3H3,(H,28,29). The maximum Gasteiger partial charge on any atom is 0.253 e. The molecular formula is C27H29N3O3. The van der Waals surface area contributed by atoms with E-state index in [0.717, 1.165) is 41.2 Å². The number of carbonyl (C=O) groups is 2. The van der Waals surface area contributed by atoms with Gasteiger partial charge in [-0.2, -0.15) is 0 Å². The first kappa shape index (κ1) is 22.5. The fourth-order valence-electron chi connectivity index (χ4n) is 4.03. The van der Waals surface area contributed by atoms with E-state index >= 15 is 0 Å². The predicted molar refractivity (Wildman–Crippen MR) is 129 cm³/mol. The van der Waals surface area contributed by atoms with E-state index in [9.17, 15) is 9.59 Å². The molecule has 0 aliphatic heterocycles. The molecule has 2 aromatic carbocycles. The fraction of sp³-hybridized carbons (Fsp3) is 0.296. The number of anilines is 2. The number of carbonyl (C=O) groups excluding carboxylic acids is 2. The highest BCUT2D eigenvalue weighted by molar-refractivity contribution is 5.94. The summed E-state index contributed by atoms with van der Waals surface area (Å²) < 4.78 is 6.21. The number of ether oxygens (including phenoxy) is 1. The van der Waals surface area contributed by atoms with Crippen molar-refractivity contribution in [2.75, 3.05) is 19.4 Å². The molecule has 0 bridgehead atoms. The first-order valence-electron chi connectivity index (χ1n) is 11.2. The summed E-state index contributed by atoms with van der Waals surface area (Å²) in [5, 5.41) is 3.35. The number of Topliss-reactive ketones (excluding diaryl/α,β-unsaturated/α-hetero) is 1. The summed E-state index contributed by atoms with van der Waals surface area (Å²) in [6.45, 7) is 2.01. The molecule has 3 aromatic rings. The molecule has 1 saturated carbocycles. The first-order valence-corrected chi connectivity index (χ1v) is 11.2. The molecule has 0 radical (unpaired) electrons. The molecular weight excluding hydrogens is 414 g/mol. The van der Waals surface area contributed by atoms with Crippen molar-refractivity contribution >= 4 is 23.2 Å². The molecule has 33 heavy (non-hydrogen) atoms. The van der Waals surface area contributed by atoms with Crippen molar-refractivity contribution in [3.05, 3.63) is 77.5 Å². The Morgan fingerprint density at radius 2 is 1.91 bits per heavy atom. The first-order chi connectivity index (χ1) is 15.9. The van der Waals surface area contributed by atoms with E-state index in [4.69, 9.17) is 4.74 Å². The summed E-state index contributed by atoms with van der Waals surface area (Å²) in [4.78, 5) is 29.9. The van der Waals surface area contributed by atoms with Gasteiger partial charge < -0.3 is 15.0 Å². The molecule has 0 spiro atoms. The second-order valence-electron chi connectivity index (χ2n) is 8.85. The largest absolute Gasteiger partial charge is 0.457 e. The minimum Gasteiger partial charge on any atom is -0.457 e. The molecule has 4 rings (SSSR count). The lowest BCUT2D eigenvalue weighted by atomic mass is 9.97. The molecule has 1 fully saturated rings. The highest BCUT2D eigenvalue weighted by atomic mass is 16.5. The number of nitrogens with zero attached hydrogens (tertiary/aromatic N) is 2. The topological polar surface area (TPSA) is 71.5 Å². The van der Waals surface area contributed by atoms with Crippen LogP contribution in [0.25, 0.3) is 0 Å². The van der Waals surface area contributed by atoms with Crippen molar-refractivity contribution in [2.45, 2.75) is 32.6 Å². The number of aryl methyl sites for hydroxylation is 1. The Morgan fingerprint density at radius 3 is 2.55 bits per heavy atom. The molecule has 0 saturated heterocycles. The summed E-state index contributed by atoms with van der Waals surface area (Å²) in [5.74, 6) is 2.80. The SMILES string of the molecule is Cc1ccc(Nc2ccc(Oc3ccc(C(=O)N(C)C)cc3)c(CC3CCC(=O)C3)c2)nc1. The molecule has 1 heterocycles. The van der Waals surface area contributed by atoms with Crippen LogP contribution in [-0.4, -0.2) is 35.7 Å². The predicted octanol–water partition coefficient (Wildman–Crippen LogP) is 5.54. The third-order valence-corrected chi connectivity index (χ3v) is 5.84. The van der Waals surface area contributed by atoms with Gasteiger partial charge in [-0.05, 0) is 85.3 Å². The van der Waals surface area contributed by atoms with E-state index in [1.54, 1.807) is 31.1 Å². The monoisotopic (exact) mass is 443 g/mol. The van der Waals surface area contributed by atoms with Crippen molar-refractivity contribution in [3.63, 3.8) is 0 Å². The molecule has 1 N–H and O–H groups in total. The van der Waals surface area contributed by atoms with Gasteiger partial charge in [0.1, 0.15) is 23.1 Å². The van der Waals surface area contributed by atoms with Crippen LogP contribution < -0.4 is 10.1 Å². The Labute approximate surface area is 194 Å². The Morgan fingerprint density at radius 1 is 1.12 bits per heavy atom. The number of amides is 1. The van der Waals surface area contributed by atoms with E-state index in [-0.39, 0.29) is 5.91 Å². The zero-order valence-electron chi connectivity index (χ0n) is 19.3. The molecule has 1 amide bonds.